The van der Waals surface area contributed by atoms with E-state index in [0.717, 1.165) is 10.6 Å². The average molecular weight is 312 g/mol. The number of rotatable bonds is 4. The van der Waals surface area contributed by atoms with Gasteiger partial charge in [-0.15, -0.1) is 10.2 Å². The van der Waals surface area contributed by atoms with E-state index in [2.05, 4.69) is 15.3 Å². The Morgan fingerprint density at radius 3 is 2.75 bits per heavy atom. The molecule has 0 saturated heterocycles. The molecule has 0 aromatic carbocycles. The second kappa shape index (κ2) is 4.89. The van der Waals surface area contributed by atoms with Gasteiger partial charge in [-0.1, -0.05) is 11.3 Å². The first-order chi connectivity index (χ1) is 9.51. The first kappa shape index (κ1) is 13.1. The third-order valence-electron chi connectivity index (χ3n) is 2.63. The van der Waals surface area contributed by atoms with Gasteiger partial charge in [0.2, 0.25) is 4.96 Å². The van der Waals surface area contributed by atoms with E-state index in [1.807, 2.05) is 12.1 Å². The summed E-state index contributed by atoms with van der Waals surface area (Å²) in [6, 6.07) is 3.66. The van der Waals surface area contributed by atoms with Crippen molar-refractivity contribution in [3.63, 3.8) is 0 Å². The van der Waals surface area contributed by atoms with Crippen molar-refractivity contribution in [2.75, 3.05) is 5.75 Å². The first-order valence-electron chi connectivity index (χ1n) is 5.63. The molecule has 0 saturated carbocycles. The molecule has 3 rings (SSSR count). The van der Waals surface area contributed by atoms with Gasteiger partial charge >= 0.3 is 0 Å². The van der Waals surface area contributed by atoms with Crippen molar-refractivity contribution in [3.05, 3.63) is 30.9 Å². The summed E-state index contributed by atoms with van der Waals surface area (Å²) >= 11 is 1.41. The SMILES string of the molecule is O=S(=O)(O)CC[n+]1ccc(-c2nn3cnnc3s2)cc1. The smallest absolute Gasteiger partial charge is 0.271 e. The van der Waals surface area contributed by atoms with Crippen molar-refractivity contribution >= 4 is 26.4 Å². The van der Waals surface area contributed by atoms with E-state index < -0.39 is 10.1 Å². The Morgan fingerprint density at radius 2 is 2.10 bits per heavy atom. The molecule has 0 aliphatic rings. The van der Waals surface area contributed by atoms with Crippen molar-refractivity contribution in [2.45, 2.75) is 6.54 Å². The van der Waals surface area contributed by atoms with Gasteiger partial charge in [-0.25, -0.2) is 4.57 Å². The van der Waals surface area contributed by atoms with Crippen LogP contribution in [-0.4, -0.2) is 38.5 Å². The monoisotopic (exact) mass is 312 g/mol. The van der Waals surface area contributed by atoms with Crippen LogP contribution in [0.3, 0.4) is 0 Å². The molecule has 10 heteroatoms. The molecule has 0 spiro atoms. The molecule has 20 heavy (non-hydrogen) atoms. The molecule has 0 fully saturated rings. The number of hydrogen-bond acceptors (Lipinski definition) is 6. The summed E-state index contributed by atoms with van der Waals surface area (Å²) in [5, 5.41) is 12.8. The summed E-state index contributed by atoms with van der Waals surface area (Å²) in [5.41, 5.74) is 0.906. The van der Waals surface area contributed by atoms with E-state index in [0.29, 0.717) is 4.96 Å². The van der Waals surface area contributed by atoms with Gasteiger partial charge in [-0.05, 0) is 0 Å². The first-order valence-corrected chi connectivity index (χ1v) is 8.05. The van der Waals surface area contributed by atoms with E-state index in [4.69, 9.17) is 4.55 Å². The zero-order valence-electron chi connectivity index (χ0n) is 10.1. The van der Waals surface area contributed by atoms with Crippen LogP contribution in [0.25, 0.3) is 15.5 Å². The summed E-state index contributed by atoms with van der Waals surface area (Å²) in [4.78, 5) is 0.711. The third kappa shape index (κ3) is 2.81. The zero-order chi connectivity index (χ0) is 14.2. The standard InChI is InChI=1S/C10H9N5O3S2/c16-20(17,18)6-5-14-3-1-8(2-4-14)9-13-15-7-11-12-10(15)19-9/h1-4,7H,5-6H2/p+1. The zero-order valence-corrected chi connectivity index (χ0v) is 11.8. The van der Waals surface area contributed by atoms with E-state index in [1.165, 1.54) is 17.7 Å². The van der Waals surface area contributed by atoms with Crippen molar-refractivity contribution in [3.8, 4) is 10.6 Å². The van der Waals surface area contributed by atoms with Gasteiger partial charge < -0.3 is 0 Å². The van der Waals surface area contributed by atoms with Crippen molar-refractivity contribution in [1.82, 2.24) is 19.8 Å². The summed E-state index contributed by atoms with van der Waals surface area (Å²) < 4.78 is 33.3. The number of aryl methyl sites for hydroxylation is 1. The minimum Gasteiger partial charge on any atom is -0.285 e. The Labute approximate surface area is 118 Å². The van der Waals surface area contributed by atoms with Crippen LogP contribution in [0.2, 0.25) is 0 Å². The van der Waals surface area contributed by atoms with Crippen molar-refractivity contribution in [1.29, 1.82) is 0 Å². The molecule has 0 atom stereocenters. The van der Waals surface area contributed by atoms with Crippen LogP contribution < -0.4 is 4.57 Å². The Hall–Kier alpha value is -1.91. The quantitative estimate of drug-likeness (QED) is 0.538. The lowest BCUT2D eigenvalue weighted by atomic mass is 10.3. The number of fused-ring (bicyclic) bond motifs is 1. The predicted octanol–water partition coefficient (Wildman–Crippen LogP) is 0.0281. The van der Waals surface area contributed by atoms with Crippen LogP contribution >= 0.6 is 11.3 Å². The highest BCUT2D eigenvalue weighted by molar-refractivity contribution is 7.85. The molecular weight excluding hydrogens is 302 g/mol. The lowest BCUT2D eigenvalue weighted by molar-refractivity contribution is -0.692. The van der Waals surface area contributed by atoms with E-state index in [9.17, 15) is 8.42 Å². The molecule has 3 aromatic heterocycles. The fourth-order valence-electron chi connectivity index (χ4n) is 1.65. The van der Waals surface area contributed by atoms with Crippen LogP contribution in [0.15, 0.2) is 30.9 Å². The highest BCUT2D eigenvalue weighted by atomic mass is 32.2. The van der Waals surface area contributed by atoms with E-state index in [-0.39, 0.29) is 12.3 Å². The Bertz CT molecular complexity index is 809. The number of aromatic nitrogens is 5. The molecule has 3 aromatic rings. The lowest BCUT2D eigenvalue weighted by Crippen LogP contribution is -2.36. The minimum absolute atomic E-state index is 0.199. The summed E-state index contributed by atoms with van der Waals surface area (Å²) in [6.45, 7) is 0.199. The molecule has 0 radical (unpaired) electrons. The second-order valence-corrected chi connectivity index (χ2v) is 6.60. The van der Waals surface area contributed by atoms with Gasteiger partial charge in [0.05, 0.1) is 0 Å². The summed E-state index contributed by atoms with van der Waals surface area (Å²) in [7, 11) is -3.94. The summed E-state index contributed by atoms with van der Waals surface area (Å²) in [6.07, 6.45) is 5.01. The molecule has 0 unspecified atom stereocenters. The maximum atomic E-state index is 10.7. The topological polar surface area (TPSA) is 101 Å². The molecule has 0 aliphatic heterocycles. The van der Waals surface area contributed by atoms with Crippen LogP contribution in [-0.2, 0) is 16.7 Å². The molecular formula is C10H10N5O3S2+. The number of nitrogens with zero attached hydrogens (tertiary/aromatic N) is 5. The fourth-order valence-corrected chi connectivity index (χ4v) is 2.91. The maximum Gasteiger partial charge on any atom is 0.271 e. The van der Waals surface area contributed by atoms with Gasteiger partial charge in [-0.2, -0.15) is 18.0 Å². The molecule has 3 heterocycles. The molecule has 0 amide bonds. The third-order valence-corrected chi connectivity index (χ3v) is 4.29. The van der Waals surface area contributed by atoms with Gasteiger partial charge in [0.1, 0.15) is 17.1 Å². The molecule has 0 bridgehead atoms. The molecule has 1 N–H and O–H groups in total. The van der Waals surface area contributed by atoms with Crippen LogP contribution in [0.4, 0.5) is 0 Å². The Balaban J connectivity index is 1.80. The Kier molecular flexibility index (Phi) is 3.20. The average Bonchev–Trinajstić information content (AvgIpc) is 2.97. The molecule has 8 nitrogen and oxygen atoms in total. The minimum atomic E-state index is -3.94. The fraction of sp³-hybridized carbons (Fsp3) is 0.200. The van der Waals surface area contributed by atoms with Crippen molar-refractivity contribution in [2.24, 2.45) is 0 Å². The van der Waals surface area contributed by atoms with E-state index in [1.54, 1.807) is 21.5 Å². The normalized spacial score (nSPS) is 12.1. The van der Waals surface area contributed by atoms with Crippen LogP contribution in [0, 0.1) is 0 Å². The van der Waals surface area contributed by atoms with Crippen molar-refractivity contribution < 1.29 is 17.5 Å². The number of pyridine rings is 1. The second-order valence-electron chi connectivity index (χ2n) is 4.08. The van der Waals surface area contributed by atoms with Gasteiger partial charge in [0.15, 0.2) is 18.9 Å². The predicted molar refractivity (Wildman–Crippen MR) is 70.7 cm³/mol. The van der Waals surface area contributed by atoms with Gasteiger partial charge in [0, 0.05) is 17.7 Å². The Morgan fingerprint density at radius 1 is 1.35 bits per heavy atom. The highest BCUT2D eigenvalue weighted by Gasteiger charge is 2.12. The number of hydrogen-bond donors (Lipinski definition) is 1. The maximum absolute atomic E-state index is 10.7. The molecule has 104 valence electrons. The van der Waals surface area contributed by atoms with Gasteiger partial charge in [0.25, 0.3) is 10.1 Å². The van der Waals surface area contributed by atoms with Gasteiger partial charge in [-0.3, -0.25) is 4.55 Å². The summed E-state index contributed by atoms with van der Waals surface area (Å²) in [5.74, 6) is -0.312. The van der Waals surface area contributed by atoms with Crippen LogP contribution in [0.5, 0.6) is 0 Å². The molecule has 0 aliphatic carbocycles. The lowest BCUT2D eigenvalue weighted by Gasteiger charge is -1.97. The van der Waals surface area contributed by atoms with E-state index >= 15 is 0 Å². The largest absolute Gasteiger partial charge is 0.285 e. The highest BCUT2D eigenvalue weighted by Crippen LogP contribution is 2.23. The van der Waals surface area contributed by atoms with Crippen LogP contribution in [0.1, 0.15) is 0 Å².